The van der Waals surface area contributed by atoms with Crippen LogP contribution >= 0.6 is 15.9 Å². The Hall–Kier alpha value is -1.29. The third kappa shape index (κ3) is 2.44. The van der Waals surface area contributed by atoms with Gasteiger partial charge >= 0.3 is 0 Å². The van der Waals surface area contributed by atoms with Crippen molar-refractivity contribution < 1.29 is 9.53 Å². The minimum Gasteiger partial charge on any atom is -0.480 e. The number of carbonyl (C=O) groups excluding carboxylic acids is 1. The maximum absolute atomic E-state index is 11.7. The van der Waals surface area contributed by atoms with Crippen molar-refractivity contribution in [3.05, 3.63) is 40.9 Å². The van der Waals surface area contributed by atoms with E-state index < -0.39 is 6.10 Å². The van der Waals surface area contributed by atoms with E-state index in [0.29, 0.717) is 13.0 Å². The minimum absolute atomic E-state index is 0.100. The van der Waals surface area contributed by atoms with Gasteiger partial charge in [-0.15, -0.1) is 0 Å². The monoisotopic (exact) mass is 281 g/mol. The van der Waals surface area contributed by atoms with E-state index >= 15 is 0 Å². The van der Waals surface area contributed by atoms with Gasteiger partial charge in [0.05, 0.1) is 0 Å². The first kappa shape index (κ1) is 11.2. The predicted molar refractivity (Wildman–Crippen MR) is 65.6 cm³/mol. The average molecular weight is 282 g/mol. The number of rotatable bonds is 3. The van der Waals surface area contributed by atoms with Gasteiger partial charge in [-0.05, 0) is 11.6 Å². The molecule has 1 aliphatic heterocycles. The molecule has 0 bridgehead atoms. The highest BCUT2D eigenvalue weighted by Gasteiger charge is 2.28. The van der Waals surface area contributed by atoms with Crippen LogP contribution in [0.25, 0.3) is 0 Å². The molecular weight excluding hydrogens is 270 g/mol. The van der Waals surface area contributed by atoms with Crippen molar-refractivity contribution in [1.82, 2.24) is 5.32 Å². The predicted octanol–water partition coefficient (Wildman–Crippen LogP) is 2.01. The van der Waals surface area contributed by atoms with Crippen LogP contribution in [0.2, 0.25) is 0 Å². The van der Waals surface area contributed by atoms with Crippen LogP contribution in [-0.2, 0) is 11.2 Å². The SMILES string of the molecule is C=C(Br)CNC(=O)C1Cc2ccccc2O1. The maximum Gasteiger partial charge on any atom is 0.261 e. The Morgan fingerprint density at radius 2 is 2.31 bits per heavy atom. The van der Waals surface area contributed by atoms with Crippen molar-refractivity contribution in [3.63, 3.8) is 0 Å². The number of nitrogens with one attached hydrogen (secondary N) is 1. The molecule has 0 radical (unpaired) electrons. The zero-order valence-corrected chi connectivity index (χ0v) is 10.3. The lowest BCUT2D eigenvalue weighted by Crippen LogP contribution is -2.37. The molecule has 0 saturated heterocycles. The first-order chi connectivity index (χ1) is 7.66. The van der Waals surface area contributed by atoms with Crippen LogP contribution in [0.1, 0.15) is 5.56 Å². The fraction of sp³-hybridized carbons (Fsp3) is 0.250. The van der Waals surface area contributed by atoms with Crippen LogP contribution in [0.3, 0.4) is 0 Å². The zero-order valence-electron chi connectivity index (χ0n) is 8.70. The second-order valence-electron chi connectivity index (χ2n) is 3.65. The van der Waals surface area contributed by atoms with Gasteiger partial charge in [-0.1, -0.05) is 40.7 Å². The molecule has 0 aliphatic carbocycles. The van der Waals surface area contributed by atoms with E-state index in [1.165, 1.54) is 0 Å². The van der Waals surface area contributed by atoms with Crippen molar-refractivity contribution in [2.45, 2.75) is 12.5 Å². The average Bonchev–Trinajstić information content (AvgIpc) is 2.69. The summed E-state index contributed by atoms with van der Waals surface area (Å²) in [6.07, 6.45) is 0.223. The third-order valence-corrected chi connectivity index (χ3v) is 2.67. The Bertz CT molecular complexity index is 406. The van der Waals surface area contributed by atoms with Crippen LogP contribution in [0.15, 0.2) is 35.3 Å². The molecule has 1 unspecified atom stereocenters. The highest BCUT2D eigenvalue weighted by atomic mass is 79.9. The fourth-order valence-electron chi connectivity index (χ4n) is 1.63. The highest BCUT2D eigenvalue weighted by molar-refractivity contribution is 9.11. The Labute approximate surface area is 103 Å². The van der Waals surface area contributed by atoms with Crippen molar-refractivity contribution >= 4 is 21.8 Å². The molecule has 16 heavy (non-hydrogen) atoms. The first-order valence-corrected chi connectivity index (χ1v) is 5.81. The van der Waals surface area contributed by atoms with E-state index in [9.17, 15) is 4.79 Å². The van der Waals surface area contributed by atoms with Crippen molar-refractivity contribution in [3.8, 4) is 5.75 Å². The zero-order chi connectivity index (χ0) is 11.5. The van der Waals surface area contributed by atoms with Crippen LogP contribution in [-0.4, -0.2) is 18.6 Å². The summed E-state index contributed by atoms with van der Waals surface area (Å²) in [5.41, 5.74) is 1.08. The van der Waals surface area contributed by atoms with Gasteiger partial charge in [0.15, 0.2) is 6.10 Å². The molecule has 1 amide bonds. The summed E-state index contributed by atoms with van der Waals surface area (Å²) in [4.78, 5) is 11.7. The van der Waals surface area contributed by atoms with E-state index in [0.717, 1.165) is 15.8 Å². The molecule has 0 aromatic heterocycles. The quantitative estimate of drug-likeness (QED) is 0.921. The number of fused-ring (bicyclic) bond motifs is 1. The number of para-hydroxylation sites is 1. The van der Waals surface area contributed by atoms with Crippen LogP contribution in [0.5, 0.6) is 5.75 Å². The molecule has 1 aromatic carbocycles. The summed E-state index contributed by atoms with van der Waals surface area (Å²) in [5, 5.41) is 2.75. The highest BCUT2D eigenvalue weighted by Crippen LogP contribution is 2.28. The summed E-state index contributed by atoms with van der Waals surface area (Å²) in [6.45, 7) is 4.08. The molecule has 1 heterocycles. The fourth-order valence-corrected chi connectivity index (χ4v) is 1.77. The summed E-state index contributed by atoms with van der Waals surface area (Å²) in [7, 11) is 0. The third-order valence-electron chi connectivity index (χ3n) is 2.39. The van der Waals surface area contributed by atoms with Gasteiger partial charge in [0.2, 0.25) is 0 Å². The van der Waals surface area contributed by atoms with Crippen LogP contribution < -0.4 is 10.1 Å². The summed E-state index contributed by atoms with van der Waals surface area (Å²) < 4.78 is 6.29. The second kappa shape index (κ2) is 4.70. The number of hydrogen-bond acceptors (Lipinski definition) is 2. The normalized spacial score (nSPS) is 17.4. The second-order valence-corrected chi connectivity index (χ2v) is 4.77. The van der Waals surface area contributed by atoms with Gasteiger partial charge in [-0.2, -0.15) is 0 Å². The molecule has 0 spiro atoms. The van der Waals surface area contributed by atoms with E-state index in [4.69, 9.17) is 4.74 Å². The minimum atomic E-state index is -0.413. The topological polar surface area (TPSA) is 38.3 Å². The molecule has 1 aromatic rings. The molecule has 0 fully saturated rings. The Kier molecular flexibility index (Phi) is 3.29. The summed E-state index contributed by atoms with van der Waals surface area (Å²) >= 11 is 3.19. The van der Waals surface area contributed by atoms with Crippen molar-refractivity contribution in [2.24, 2.45) is 0 Å². The summed E-state index contributed by atoms with van der Waals surface area (Å²) in [6, 6.07) is 7.71. The Morgan fingerprint density at radius 3 is 3.00 bits per heavy atom. The van der Waals surface area contributed by atoms with E-state index in [-0.39, 0.29) is 5.91 Å². The van der Waals surface area contributed by atoms with Gasteiger partial charge in [0.25, 0.3) is 5.91 Å². The number of carbonyl (C=O) groups is 1. The van der Waals surface area contributed by atoms with Crippen LogP contribution in [0, 0.1) is 0 Å². The van der Waals surface area contributed by atoms with E-state index in [1.807, 2.05) is 24.3 Å². The molecule has 1 aliphatic rings. The molecule has 0 saturated carbocycles. The van der Waals surface area contributed by atoms with Crippen molar-refractivity contribution in [1.29, 1.82) is 0 Å². The molecule has 1 atom stereocenters. The maximum atomic E-state index is 11.7. The lowest BCUT2D eigenvalue weighted by atomic mass is 10.1. The van der Waals surface area contributed by atoms with Gasteiger partial charge in [0.1, 0.15) is 5.75 Å². The lowest BCUT2D eigenvalue weighted by Gasteiger charge is -2.10. The molecule has 2 rings (SSSR count). The Morgan fingerprint density at radius 1 is 1.56 bits per heavy atom. The van der Waals surface area contributed by atoms with Gasteiger partial charge in [0, 0.05) is 17.4 Å². The van der Waals surface area contributed by atoms with E-state index in [2.05, 4.69) is 27.8 Å². The molecule has 1 N–H and O–H groups in total. The first-order valence-electron chi connectivity index (χ1n) is 5.02. The van der Waals surface area contributed by atoms with Gasteiger partial charge < -0.3 is 10.1 Å². The van der Waals surface area contributed by atoms with Crippen molar-refractivity contribution in [2.75, 3.05) is 6.54 Å². The van der Waals surface area contributed by atoms with Gasteiger partial charge in [-0.3, -0.25) is 4.79 Å². The number of hydrogen-bond donors (Lipinski definition) is 1. The Balaban J connectivity index is 1.96. The molecule has 3 nitrogen and oxygen atoms in total. The standard InChI is InChI=1S/C12H12BrNO2/c1-8(13)7-14-12(15)11-6-9-4-2-3-5-10(9)16-11/h2-5,11H,1,6-7H2,(H,14,15). The number of amides is 1. The number of benzene rings is 1. The van der Waals surface area contributed by atoms with E-state index in [1.54, 1.807) is 0 Å². The smallest absolute Gasteiger partial charge is 0.261 e. The molecule has 4 heteroatoms. The van der Waals surface area contributed by atoms with Crippen LogP contribution in [0.4, 0.5) is 0 Å². The van der Waals surface area contributed by atoms with Gasteiger partial charge in [-0.25, -0.2) is 0 Å². The summed E-state index contributed by atoms with van der Waals surface area (Å²) in [5.74, 6) is 0.706. The molecular formula is C12H12BrNO2. The lowest BCUT2D eigenvalue weighted by molar-refractivity contribution is -0.127. The number of halogens is 1. The molecule has 84 valence electrons. The largest absolute Gasteiger partial charge is 0.480 e. The number of ether oxygens (including phenoxy) is 1.